The molecule has 2 N–H and O–H groups in total. The van der Waals surface area contributed by atoms with Gasteiger partial charge in [-0.1, -0.05) is 19.2 Å². The number of nitrogens with two attached hydrogens (primary N) is 1. The smallest absolute Gasteiger partial charge is 0.0888 e. The fourth-order valence-electron chi connectivity index (χ4n) is 1.01. The molecule has 1 aromatic heterocycles. The third-order valence-electron chi connectivity index (χ3n) is 1.65. The Morgan fingerprint density at radius 2 is 2.33 bits per heavy atom. The summed E-state index contributed by atoms with van der Waals surface area (Å²) in [5.41, 5.74) is 8.99. The Morgan fingerprint density at radius 1 is 1.67 bits per heavy atom. The molecule has 0 saturated heterocycles. The van der Waals surface area contributed by atoms with E-state index < -0.39 is 0 Å². The highest BCUT2D eigenvalue weighted by Gasteiger charge is 2.03. The van der Waals surface area contributed by atoms with Crippen LogP contribution in [0.1, 0.15) is 18.2 Å². The molecule has 1 heterocycles. The van der Waals surface area contributed by atoms with Gasteiger partial charge < -0.3 is 5.73 Å². The van der Waals surface area contributed by atoms with Crippen molar-refractivity contribution in [3.8, 4) is 0 Å². The van der Waals surface area contributed by atoms with Crippen LogP contribution in [0.15, 0.2) is 25.4 Å². The predicted molar refractivity (Wildman–Crippen MR) is 53.4 cm³/mol. The summed E-state index contributed by atoms with van der Waals surface area (Å²) >= 11 is 0. The lowest BCUT2D eigenvalue weighted by Gasteiger charge is -2.05. The number of hydrogen-bond donors (Lipinski definition) is 1. The van der Waals surface area contributed by atoms with Crippen LogP contribution >= 0.6 is 0 Å². The number of aromatic nitrogens is 1. The van der Waals surface area contributed by atoms with Gasteiger partial charge in [-0.05, 0) is 18.6 Å². The molecule has 2 heteroatoms. The van der Waals surface area contributed by atoms with Crippen molar-refractivity contribution >= 4 is 17.3 Å². The van der Waals surface area contributed by atoms with E-state index in [1.807, 2.05) is 13.0 Å². The van der Waals surface area contributed by atoms with Crippen molar-refractivity contribution in [1.29, 1.82) is 0 Å². The fraction of sp³-hybridized carbons (Fsp3) is 0.100. The monoisotopic (exact) mass is 160 g/mol. The molecule has 12 heavy (non-hydrogen) atoms. The van der Waals surface area contributed by atoms with Crippen LogP contribution in [-0.4, -0.2) is 4.98 Å². The summed E-state index contributed by atoms with van der Waals surface area (Å²) in [5, 5.41) is 0. The maximum Gasteiger partial charge on any atom is 0.0888 e. The third kappa shape index (κ3) is 1.37. The van der Waals surface area contributed by atoms with E-state index in [2.05, 4.69) is 18.1 Å². The molecule has 0 fully saturated rings. The number of pyridine rings is 1. The van der Waals surface area contributed by atoms with Crippen molar-refractivity contribution in [3.05, 3.63) is 36.7 Å². The first-order chi connectivity index (χ1) is 5.66. The topological polar surface area (TPSA) is 38.9 Å². The SMILES string of the molecule is C=Cc1ccnc(C(=C)C)c1N. The molecule has 0 unspecified atom stereocenters. The molecule has 0 atom stereocenters. The number of nitrogens with zero attached hydrogens (tertiary/aromatic N) is 1. The van der Waals surface area contributed by atoms with Crippen molar-refractivity contribution in [3.63, 3.8) is 0 Å². The highest BCUT2D eigenvalue weighted by molar-refractivity contribution is 5.76. The van der Waals surface area contributed by atoms with Gasteiger partial charge in [-0.3, -0.25) is 4.98 Å². The average molecular weight is 160 g/mol. The van der Waals surface area contributed by atoms with Gasteiger partial charge in [-0.2, -0.15) is 0 Å². The summed E-state index contributed by atoms with van der Waals surface area (Å²) in [7, 11) is 0. The second-order valence-electron chi connectivity index (χ2n) is 2.65. The number of allylic oxidation sites excluding steroid dienone is 1. The Kier molecular flexibility index (Phi) is 2.29. The van der Waals surface area contributed by atoms with Gasteiger partial charge in [0.05, 0.1) is 11.4 Å². The lowest BCUT2D eigenvalue weighted by Crippen LogP contribution is -1.97. The molecule has 2 nitrogen and oxygen atoms in total. The summed E-state index contributed by atoms with van der Waals surface area (Å²) in [6, 6.07) is 1.83. The summed E-state index contributed by atoms with van der Waals surface area (Å²) in [6.45, 7) is 9.32. The Hall–Kier alpha value is -1.57. The minimum atomic E-state index is 0.653. The minimum Gasteiger partial charge on any atom is -0.396 e. The molecule has 0 radical (unpaired) electrons. The molecule has 0 bridgehead atoms. The number of rotatable bonds is 2. The van der Waals surface area contributed by atoms with E-state index >= 15 is 0 Å². The van der Waals surface area contributed by atoms with Crippen LogP contribution in [0.3, 0.4) is 0 Å². The van der Waals surface area contributed by atoms with Crippen molar-refractivity contribution in [1.82, 2.24) is 4.98 Å². The quantitative estimate of drug-likeness (QED) is 0.721. The largest absolute Gasteiger partial charge is 0.396 e. The first-order valence-electron chi connectivity index (χ1n) is 3.69. The van der Waals surface area contributed by atoms with Gasteiger partial charge in [0.25, 0.3) is 0 Å². The Bertz CT molecular complexity index is 327. The first-order valence-corrected chi connectivity index (χ1v) is 3.69. The van der Waals surface area contributed by atoms with E-state index in [-0.39, 0.29) is 0 Å². The fourth-order valence-corrected chi connectivity index (χ4v) is 1.01. The normalized spacial score (nSPS) is 9.42. The molecule has 0 aliphatic heterocycles. The van der Waals surface area contributed by atoms with Crippen molar-refractivity contribution in [2.45, 2.75) is 6.92 Å². The zero-order chi connectivity index (χ0) is 9.14. The Morgan fingerprint density at radius 3 is 2.83 bits per heavy atom. The highest BCUT2D eigenvalue weighted by atomic mass is 14.7. The lowest BCUT2D eigenvalue weighted by molar-refractivity contribution is 1.27. The minimum absolute atomic E-state index is 0.653. The van der Waals surface area contributed by atoms with Gasteiger partial charge >= 0.3 is 0 Å². The van der Waals surface area contributed by atoms with E-state index in [0.717, 1.165) is 16.8 Å². The summed E-state index contributed by atoms with van der Waals surface area (Å²) in [6.07, 6.45) is 3.42. The van der Waals surface area contributed by atoms with E-state index in [0.29, 0.717) is 5.69 Å². The van der Waals surface area contributed by atoms with Gasteiger partial charge in [0.2, 0.25) is 0 Å². The number of anilines is 1. The molecule has 0 aliphatic rings. The van der Waals surface area contributed by atoms with Crippen LogP contribution in [0.5, 0.6) is 0 Å². The van der Waals surface area contributed by atoms with Gasteiger partial charge in [0, 0.05) is 11.8 Å². The van der Waals surface area contributed by atoms with Gasteiger partial charge in [0.1, 0.15) is 0 Å². The molecule has 0 saturated carbocycles. The van der Waals surface area contributed by atoms with E-state index in [1.54, 1.807) is 12.3 Å². The van der Waals surface area contributed by atoms with Crippen LogP contribution < -0.4 is 5.73 Å². The third-order valence-corrected chi connectivity index (χ3v) is 1.65. The van der Waals surface area contributed by atoms with Crippen LogP contribution in [0.4, 0.5) is 5.69 Å². The molecular formula is C10H12N2. The van der Waals surface area contributed by atoms with Crippen molar-refractivity contribution < 1.29 is 0 Å². The van der Waals surface area contributed by atoms with Gasteiger partial charge in [-0.25, -0.2) is 0 Å². The molecule has 0 aromatic carbocycles. The predicted octanol–water partition coefficient (Wildman–Crippen LogP) is 2.34. The van der Waals surface area contributed by atoms with Gasteiger partial charge in [-0.15, -0.1) is 0 Å². The van der Waals surface area contributed by atoms with Gasteiger partial charge in [0.15, 0.2) is 0 Å². The molecule has 0 aliphatic carbocycles. The van der Waals surface area contributed by atoms with E-state index in [9.17, 15) is 0 Å². The van der Waals surface area contributed by atoms with Crippen LogP contribution in [-0.2, 0) is 0 Å². The standard InChI is InChI=1S/C10H12N2/c1-4-8-5-6-12-10(7(2)3)9(8)11/h4-6H,1-2,11H2,3H3. The van der Waals surface area contributed by atoms with E-state index in [1.165, 1.54) is 0 Å². The van der Waals surface area contributed by atoms with Crippen LogP contribution in [0.2, 0.25) is 0 Å². The molecule has 0 spiro atoms. The molecule has 1 aromatic rings. The zero-order valence-corrected chi connectivity index (χ0v) is 7.17. The lowest BCUT2D eigenvalue weighted by atomic mass is 10.1. The Balaban J connectivity index is 3.32. The molecule has 0 amide bonds. The van der Waals surface area contributed by atoms with E-state index in [4.69, 9.17) is 5.73 Å². The summed E-state index contributed by atoms with van der Waals surface area (Å²) in [5.74, 6) is 0. The highest BCUT2D eigenvalue weighted by Crippen LogP contribution is 2.21. The molecule has 62 valence electrons. The zero-order valence-electron chi connectivity index (χ0n) is 7.17. The number of hydrogen-bond acceptors (Lipinski definition) is 2. The second kappa shape index (κ2) is 3.22. The summed E-state index contributed by atoms with van der Waals surface area (Å²) < 4.78 is 0. The summed E-state index contributed by atoms with van der Waals surface area (Å²) in [4.78, 5) is 4.11. The average Bonchev–Trinajstić information content (AvgIpc) is 2.04. The first kappa shape index (κ1) is 8.53. The second-order valence-corrected chi connectivity index (χ2v) is 2.65. The Labute approximate surface area is 72.4 Å². The number of nitrogen functional groups attached to an aromatic ring is 1. The van der Waals surface area contributed by atoms with Crippen LogP contribution in [0.25, 0.3) is 11.6 Å². The maximum absolute atomic E-state index is 5.80. The maximum atomic E-state index is 5.80. The van der Waals surface area contributed by atoms with Crippen LogP contribution in [0, 0.1) is 0 Å². The molecular weight excluding hydrogens is 148 g/mol. The van der Waals surface area contributed by atoms with Crippen molar-refractivity contribution in [2.75, 3.05) is 5.73 Å². The molecule has 1 rings (SSSR count). The van der Waals surface area contributed by atoms with Crippen molar-refractivity contribution in [2.24, 2.45) is 0 Å².